The summed E-state index contributed by atoms with van der Waals surface area (Å²) in [4.78, 5) is 25.0. The fraction of sp³-hybridized carbons (Fsp3) is 0.348. The van der Waals surface area contributed by atoms with Gasteiger partial charge in [-0.05, 0) is 48.2 Å². The van der Waals surface area contributed by atoms with Gasteiger partial charge in [-0.2, -0.15) is 13.2 Å². The summed E-state index contributed by atoms with van der Waals surface area (Å²) in [6.07, 6.45) is -0.591. The van der Waals surface area contributed by atoms with Gasteiger partial charge < -0.3 is 9.80 Å². The third kappa shape index (κ3) is 4.12. The summed E-state index contributed by atoms with van der Waals surface area (Å²) in [5.41, 5.74) is 3.45. The van der Waals surface area contributed by atoms with Gasteiger partial charge in [-0.25, -0.2) is 0 Å². The monoisotopic (exact) mass is 454 g/mol. The van der Waals surface area contributed by atoms with E-state index in [9.17, 15) is 18.0 Å². The first-order chi connectivity index (χ1) is 15.8. The maximum atomic E-state index is 13.1. The Morgan fingerprint density at radius 1 is 1.00 bits per heavy atom. The van der Waals surface area contributed by atoms with Crippen LogP contribution in [-0.4, -0.2) is 44.1 Å². The topological polar surface area (TPSA) is 75.1 Å². The second-order valence-corrected chi connectivity index (χ2v) is 8.32. The number of hydrogen-bond donors (Lipinski definition) is 0. The summed E-state index contributed by atoms with van der Waals surface area (Å²) >= 11 is 0. The van der Waals surface area contributed by atoms with Crippen LogP contribution in [0.4, 0.5) is 19.0 Å². The number of nitrogens with zero attached hydrogens (tertiary/aromatic N) is 6. The average Bonchev–Trinajstić information content (AvgIpc) is 2.82. The molecule has 170 valence electrons. The molecule has 5 heterocycles. The number of carbonyl (C=O) groups is 1. The van der Waals surface area contributed by atoms with Crippen LogP contribution in [0, 0.1) is 6.92 Å². The standard InChI is InChI=1S/C23H21F3N6O/c1-14-9-19(22(33)32-7-4-15-3-2-6-27-20(15)13-32)29-30-21(14)31-8-5-18-16(12-31)10-17(11-28-18)23(24,25)26/h2-3,6,9-11H,4-5,7-8,12-13H2,1H3. The maximum Gasteiger partial charge on any atom is 0.417 e. The number of fused-ring (bicyclic) bond motifs is 2. The third-order valence-corrected chi connectivity index (χ3v) is 6.11. The highest BCUT2D eigenvalue weighted by atomic mass is 19.4. The van der Waals surface area contributed by atoms with Gasteiger partial charge in [0.15, 0.2) is 11.5 Å². The van der Waals surface area contributed by atoms with E-state index >= 15 is 0 Å². The van der Waals surface area contributed by atoms with E-state index < -0.39 is 11.7 Å². The molecular formula is C23H21F3N6O. The molecule has 3 aromatic rings. The number of pyridine rings is 2. The van der Waals surface area contributed by atoms with Crippen molar-refractivity contribution >= 4 is 11.7 Å². The average molecular weight is 454 g/mol. The summed E-state index contributed by atoms with van der Waals surface area (Å²) < 4.78 is 39.2. The second kappa shape index (κ2) is 8.09. The van der Waals surface area contributed by atoms with Gasteiger partial charge in [0, 0.05) is 44.1 Å². The molecule has 0 unspecified atom stereocenters. The predicted octanol–water partition coefficient (Wildman–Crippen LogP) is 3.36. The Kier molecular flexibility index (Phi) is 5.22. The quantitative estimate of drug-likeness (QED) is 0.591. The molecule has 0 aromatic carbocycles. The van der Waals surface area contributed by atoms with Crippen molar-refractivity contribution in [3.05, 3.63) is 76.0 Å². The van der Waals surface area contributed by atoms with Crippen LogP contribution in [0.15, 0.2) is 36.7 Å². The van der Waals surface area contributed by atoms with Gasteiger partial charge in [0.2, 0.25) is 0 Å². The minimum absolute atomic E-state index is 0.212. The van der Waals surface area contributed by atoms with Crippen molar-refractivity contribution in [1.29, 1.82) is 0 Å². The van der Waals surface area contributed by atoms with E-state index in [2.05, 4.69) is 20.2 Å². The smallest absolute Gasteiger partial charge is 0.350 e. The van der Waals surface area contributed by atoms with Crippen molar-refractivity contribution in [2.45, 2.75) is 39.0 Å². The minimum atomic E-state index is -4.44. The third-order valence-electron chi connectivity index (χ3n) is 6.11. The van der Waals surface area contributed by atoms with Crippen LogP contribution in [-0.2, 0) is 32.1 Å². The molecule has 0 radical (unpaired) electrons. The summed E-state index contributed by atoms with van der Waals surface area (Å²) in [5, 5.41) is 8.44. The molecule has 0 bridgehead atoms. The Labute approximate surface area is 188 Å². The minimum Gasteiger partial charge on any atom is -0.350 e. The molecule has 0 saturated carbocycles. The summed E-state index contributed by atoms with van der Waals surface area (Å²) in [6, 6.07) is 6.76. The Morgan fingerprint density at radius 2 is 1.85 bits per heavy atom. The molecule has 0 saturated heterocycles. The molecule has 33 heavy (non-hydrogen) atoms. The molecule has 5 rings (SSSR count). The number of anilines is 1. The summed E-state index contributed by atoms with van der Waals surface area (Å²) in [5.74, 6) is 0.344. The van der Waals surface area contributed by atoms with Gasteiger partial charge in [-0.1, -0.05) is 6.07 Å². The summed E-state index contributed by atoms with van der Waals surface area (Å²) in [6.45, 7) is 3.65. The second-order valence-electron chi connectivity index (χ2n) is 8.32. The number of alkyl halides is 3. The molecule has 10 heteroatoms. The Hall–Kier alpha value is -3.56. The Morgan fingerprint density at radius 3 is 2.64 bits per heavy atom. The summed E-state index contributed by atoms with van der Waals surface area (Å²) in [7, 11) is 0. The molecule has 0 aliphatic carbocycles. The van der Waals surface area contributed by atoms with Crippen LogP contribution in [0.25, 0.3) is 0 Å². The lowest BCUT2D eigenvalue weighted by atomic mass is 10.0. The first-order valence-electron chi connectivity index (χ1n) is 10.7. The lowest BCUT2D eigenvalue weighted by Gasteiger charge is -2.30. The molecule has 0 N–H and O–H groups in total. The highest BCUT2D eigenvalue weighted by molar-refractivity contribution is 5.92. The normalized spacial score (nSPS) is 15.8. The zero-order valence-corrected chi connectivity index (χ0v) is 17.9. The first kappa shape index (κ1) is 21.3. The molecule has 0 fully saturated rings. The Bertz CT molecular complexity index is 1230. The number of aromatic nitrogens is 4. The van der Waals surface area contributed by atoms with Crippen LogP contribution in [0.5, 0.6) is 0 Å². The highest BCUT2D eigenvalue weighted by Crippen LogP contribution is 2.32. The lowest BCUT2D eigenvalue weighted by Crippen LogP contribution is -2.37. The Balaban J connectivity index is 1.34. The maximum absolute atomic E-state index is 13.1. The van der Waals surface area contributed by atoms with E-state index in [1.54, 1.807) is 17.2 Å². The fourth-order valence-corrected chi connectivity index (χ4v) is 4.35. The molecular weight excluding hydrogens is 433 g/mol. The van der Waals surface area contributed by atoms with Gasteiger partial charge >= 0.3 is 6.18 Å². The zero-order chi connectivity index (χ0) is 23.2. The largest absolute Gasteiger partial charge is 0.417 e. The van der Waals surface area contributed by atoms with Gasteiger partial charge in [-0.3, -0.25) is 14.8 Å². The molecule has 2 aliphatic rings. The number of aryl methyl sites for hydroxylation is 1. The van der Waals surface area contributed by atoms with Gasteiger partial charge in [0.05, 0.1) is 17.8 Å². The first-order valence-corrected chi connectivity index (χ1v) is 10.7. The van der Waals surface area contributed by atoms with Crippen molar-refractivity contribution in [3.63, 3.8) is 0 Å². The zero-order valence-electron chi connectivity index (χ0n) is 17.9. The molecule has 1 amide bonds. The molecule has 2 aliphatic heterocycles. The van der Waals surface area contributed by atoms with E-state index in [1.807, 2.05) is 24.0 Å². The molecule has 3 aromatic heterocycles. The van der Waals surface area contributed by atoms with E-state index in [-0.39, 0.29) is 18.1 Å². The highest BCUT2D eigenvalue weighted by Gasteiger charge is 2.33. The fourth-order valence-electron chi connectivity index (χ4n) is 4.35. The van der Waals surface area contributed by atoms with Crippen LogP contribution in [0.1, 0.15) is 44.1 Å². The molecule has 0 atom stereocenters. The number of halogens is 3. The van der Waals surface area contributed by atoms with Crippen molar-refractivity contribution in [1.82, 2.24) is 25.1 Å². The molecule has 0 spiro atoms. The SMILES string of the molecule is Cc1cc(C(=O)N2CCc3cccnc3C2)nnc1N1CCc2ncc(C(F)(F)F)cc2C1. The van der Waals surface area contributed by atoms with E-state index in [4.69, 9.17) is 0 Å². The molecule has 7 nitrogen and oxygen atoms in total. The van der Waals surface area contributed by atoms with Crippen molar-refractivity contribution in [2.75, 3.05) is 18.0 Å². The van der Waals surface area contributed by atoms with Crippen LogP contribution in [0.3, 0.4) is 0 Å². The van der Waals surface area contributed by atoms with E-state index in [1.165, 1.54) is 0 Å². The van der Waals surface area contributed by atoms with E-state index in [0.717, 1.165) is 35.5 Å². The van der Waals surface area contributed by atoms with Crippen LogP contribution < -0.4 is 4.90 Å². The van der Waals surface area contributed by atoms with E-state index in [0.29, 0.717) is 43.1 Å². The lowest BCUT2D eigenvalue weighted by molar-refractivity contribution is -0.137. The van der Waals surface area contributed by atoms with Gasteiger partial charge in [0.25, 0.3) is 5.91 Å². The van der Waals surface area contributed by atoms with Gasteiger partial charge in [0.1, 0.15) is 0 Å². The van der Waals surface area contributed by atoms with Crippen molar-refractivity contribution in [3.8, 4) is 0 Å². The number of rotatable bonds is 2. The number of hydrogen-bond acceptors (Lipinski definition) is 6. The van der Waals surface area contributed by atoms with Crippen molar-refractivity contribution in [2.24, 2.45) is 0 Å². The van der Waals surface area contributed by atoms with Gasteiger partial charge in [-0.15, -0.1) is 10.2 Å². The van der Waals surface area contributed by atoms with Crippen LogP contribution in [0.2, 0.25) is 0 Å². The van der Waals surface area contributed by atoms with Crippen molar-refractivity contribution < 1.29 is 18.0 Å². The van der Waals surface area contributed by atoms with Crippen LogP contribution >= 0.6 is 0 Å². The number of amides is 1. The number of carbonyl (C=O) groups excluding carboxylic acids is 1. The predicted molar refractivity (Wildman–Crippen MR) is 113 cm³/mol.